The van der Waals surface area contributed by atoms with Crippen molar-refractivity contribution in [2.24, 2.45) is 0 Å². The first kappa shape index (κ1) is 10.3. The minimum absolute atomic E-state index is 0.101. The highest BCUT2D eigenvalue weighted by Crippen LogP contribution is 2.25. The maximum Gasteiger partial charge on any atom is 0.222 e. The Balaban J connectivity index is 3.35. The first-order valence-electron chi connectivity index (χ1n) is 3.36. The Morgan fingerprint density at radius 3 is 2.46 bits per heavy atom. The van der Waals surface area contributed by atoms with Crippen molar-refractivity contribution in [1.29, 1.82) is 0 Å². The van der Waals surface area contributed by atoms with Crippen LogP contribution in [0.2, 0.25) is 0 Å². The molecule has 0 aliphatic heterocycles. The van der Waals surface area contributed by atoms with Crippen LogP contribution in [0.15, 0.2) is 10.1 Å². The van der Waals surface area contributed by atoms with Crippen molar-refractivity contribution in [1.82, 2.24) is 9.97 Å². The van der Waals surface area contributed by atoms with Crippen molar-refractivity contribution in [2.45, 2.75) is 10.1 Å². The third kappa shape index (κ3) is 2.10. The Kier molecular flexibility index (Phi) is 3.10. The van der Waals surface area contributed by atoms with E-state index in [1.54, 1.807) is 0 Å². The molecule has 0 saturated heterocycles. The number of aromatic nitrogens is 2. The van der Waals surface area contributed by atoms with Gasteiger partial charge in [-0.3, -0.25) is 4.21 Å². The van der Waals surface area contributed by atoms with Gasteiger partial charge in [-0.15, -0.1) is 11.8 Å². The molecule has 0 radical (unpaired) electrons. The van der Waals surface area contributed by atoms with Gasteiger partial charge >= 0.3 is 0 Å². The van der Waals surface area contributed by atoms with E-state index in [9.17, 15) is 4.21 Å². The van der Waals surface area contributed by atoms with Crippen molar-refractivity contribution in [3.63, 3.8) is 0 Å². The Morgan fingerprint density at radius 1 is 1.38 bits per heavy atom. The number of hydrogen-bond acceptors (Lipinski definition) is 6. The average Bonchev–Trinajstić information content (AvgIpc) is 2.08. The lowest BCUT2D eigenvalue weighted by atomic mass is 10.5. The summed E-state index contributed by atoms with van der Waals surface area (Å²) in [5.74, 6) is 0.101. The molecular formula is C6H10N4OS2. The highest BCUT2D eigenvalue weighted by Gasteiger charge is 2.12. The van der Waals surface area contributed by atoms with E-state index in [0.29, 0.717) is 15.7 Å². The van der Waals surface area contributed by atoms with Crippen LogP contribution in [0.5, 0.6) is 0 Å². The summed E-state index contributed by atoms with van der Waals surface area (Å²) < 4.78 is 11.2. The molecule has 0 bridgehead atoms. The third-order valence-corrected chi connectivity index (χ3v) is 2.91. The highest BCUT2D eigenvalue weighted by molar-refractivity contribution is 7.98. The zero-order valence-corrected chi connectivity index (χ0v) is 8.91. The van der Waals surface area contributed by atoms with Gasteiger partial charge in [-0.2, -0.15) is 0 Å². The Hall–Kier alpha value is -0.820. The van der Waals surface area contributed by atoms with Crippen LogP contribution in [0, 0.1) is 0 Å². The largest absolute Gasteiger partial charge is 0.394 e. The standard InChI is InChI=1S/C6H10N4OS2/c1-12-4-3(7)5(13(2)11)10-6(8)9-4/h7H2,1-2H3,(H2,8,9,10). The molecule has 72 valence electrons. The van der Waals surface area contributed by atoms with Gasteiger partial charge in [0.1, 0.15) is 5.03 Å². The van der Waals surface area contributed by atoms with Crippen LogP contribution in [-0.4, -0.2) is 26.7 Å². The molecule has 1 aromatic heterocycles. The molecule has 1 atom stereocenters. The molecule has 0 aliphatic carbocycles. The second-order valence-corrected chi connectivity index (χ2v) is 4.35. The second kappa shape index (κ2) is 3.93. The van der Waals surface area contributed by atoms with Crippen LogP contribution in [0.4, 0.5) is 11.6 Å². The number of thioether (sulfide) groups is 1. The predicted molar refractivity (Wildman–Crippen MR) is 55.0 cm³/mol. The number of nitrogen functional groups attached to an aromatic ring is 2. The fourth-order valence-corrected chi connectivity index (χ4v) is 2.01. The molecule has 1 unspecified atom stereocenters. The summed E-state index contributed by atoms with van der Waals surface area (Å²) in [6.07, 6.45) is 3.32. The van der Waals surface area contributed by atoms with Crippen molar-refractivity contribution >= 4 is 34.2 Å². The molecule has 0 fully saturated rings. The van der Waals surface area contributed by atoms with Crippen molar-refractivity contribution in [3.05, 3.63) is 0 Å². The zero-order chi connectivity index (χ0) is 10.0. The quantitative estimate of drug-likeness (QED) is 0.540. The van der Waals surface area contributed by atoms with E-state index in [2.05, 4.69) is 9.97 Å². The van der Waals surface area contributed by atoms with E-state index in [0.717, 1.165) is 0 Å². The Morgan fingerprint density at radius 2 is 2.00 bits per heavy atom. The molecule has 1 aromatic rings. The van der Waals surface area contributed by atoms with Crippen LogP contribution in [0.25, 0.3) is 0 Å². The SMILES string of the molecule is CSc1nc(N)nc(S(C)=O)c1N. The Bertz CT molecular complexity index is 355. The van der Waals surface area contributed by atoms with Crippen LogP contribution in [-0.2, 0) is 10.8 Å². The lowest BCUT2D eigenvalue weighted by molar-refractivity contribution is 0.684. The monoisotopic (exact) mass is 218 g/mol. The first-order valence-corrected chi connectivity index (χ1v) is 6.15. The fraction of sp³-hybridized carbons (Fsp3) is 0.333. The predicted octanol–water partition coefficient (Wildman–Crippen LogP) is 0.100. The van der Waals surface area contributed by atoms with E-state index in [4.69, 9.17) is 11.5 Å². The molecule has 7 heteroatoms. The van der Waals surface area contributed by atoms with Gasteiger partial charge in [0.05, 0.1) is 16.5 Å². The lowest BCUT2D eigenvalue weighted by Gasteiger charge is -2.05. The minimum Gasteiger partial charge on any atom is -0.394 e. The number of hydrogen-bond donors (Lipinski definition) is 2. The van der Waals surface area contributed by atoms with Crippen LogP contribution in [0.3, 0.4) is 0 Å². The summed E-state index contributed by atoms with van der Waals surface area (Å²) in [7, 11) is -1.23. The molecule has 5 nitrogen and oxygen atoms in total. The average molecular weight is 218 g/mol. The van der Waals surface area contributed by atoms with Gasteiger partial charge in [0.15, 0.2) is 5.03 Å². The fourth-order valence-electron chi connectivity index (χ4n) is 0.820. The summed E-state index contributed by atoms with van der Waals surface area (Å²) in [5, 5.41) is 0.870. The van der Waals surface area contributed by atoms with E-state index in [1.165, 1.54) is 18.0 Å². The number of anilines is 2. The molecule has 0 spiro atoms. The van der Waals surface area contributed by atoms with Crippen LogP contribution >= 0.6 is 11.8 Å². The van der Waals surface area contributed by atoms with Gasteiger partial charge in [0.25, 0.3) is 0 Å². The van der Waals surface area contributed by atoms with Gasteiger partial charge in [-0.05, 0) is 6.26 Å². The number of rotatable bonds is 2. The summed E-state index contributed by atoms with van der Waals surface area (Å²) in [4.78, 5) is 7.71. The minimum atomic E-state index is -1.23. The molecule has 0 amide bonds. The maximum absolute atomic E-state index is 11.2. The normalized spacial score (nSPS) is 12.8. The van der Waals surface area contributed by atoms with E-state index < -0.39 is 10.8 Å². The smallest absolute Gasteiger partial charge is 0.222 e. The number of nitrogens with zero attached hydrogens (tertiary/aromatic N) is 2. The van der Waals surface area contributed by atoms with Crippen molar-refractivity contribution < 1.29 is 4.21 Å². The molecular weight excluding hydrogens is 208 g/mol. The van der Waals surface area contributed by atoms with Crippen LogP contribution in [0.1, 0.15) is 0 Å². The summed E-state index contributed by atoms with van der Waals surface area (Å²) in [6, 6.07) is 0. The van der Waals surface area contributed by atoms with Gasteiger partial charge in [0, 0.05) is 6.26 Å². The highest BCUT2D eigenvalue weighted by atomic mass is 32.2. The number of nitrogens with two attached hydrogens (primary N) is 2. The summed E-state index contributed by atoms with van der Waals surface area (Å²) in [5.41, 5.74) is 11.4. The van der Waals surface area contributed by atoms with Gasteiger partial charge in [-0.25, -0.2) is 9.97 Å². The van der Waals surface area contributed by atoms with Gasteiger partial charge in [-0.1, -0.05) is 0 Å². The van der Waals surface area contributed by atoms with Crippen molar-refractivity contribution in [3.8, 4) is 0 Å². The van der Waals surface area contributed by atoms with Crippen LogP contribution < -0.4 is 11.5 Å². The maximum atomic E-state index is 11.2. The van der Waals surface area contributed by atoms with Crippen molar-refractivity contribution in [2.75, 3.05) is 24.0 Å². The van der Waals surface area contributed by atoms with Gasteiger partial charge in [0.2, 0.25) is 5.95 Å². The summed E-state index contributed by atoms with van der Waals surface area (Å²) >= 11 is 1.35. The second-order valence-electron chi connectivity index (χ2n) is 2.26. The van der Waals surface area contributed by atoms with E-state index in [1.807, 2.05) is 6.26 Å². The molecule has 1 rings (SSSR count). The molecule has 13 heavy (non-hydrogen) atoms. The Labute approximate surface area is 82.8 Å². The molecule has 0 aliphatic rings. The first-order chi connectivity index (χ1) is 6.06. The van der Waals surface area contributed by atoms with E-state index in [-0.39, 0.29) is 5.95 Å². The molecule has 0 saturated carbocycles. The zero-order valence-electron chi connectivity index (χ0n) is 7.27. The molecule has 4 N–H and O–H groups in total. The lowest BCUT2D eigenvalue weighted by Crippen LogP contribution is -2.07. The van der Waals surface area contributed by atoms with Gasteiger partial charge < -0.3 is 11.5 Å². The third-order valence-electron chi connectivity index (χ3n) is 1.36. The topological polar surface area (TPSA) is 94.9 Å². The molecule has 1 heterocycles. The summed E-state index contributed by atoms with van der Waals surface area (Å²) in [6.45, 7) is 0. The molecule has 0 aromatic carbocycles. The van der Waals surface area contributed by atoms with E-state index >= 15 is 0 Å².